The fourth-order valence-corrected chi connectivity index (χ4v) is 1.89. The predicted molar refractivity (Wildman–Crippen MR) is 66.1 cm³/mol. The first-order chi connectivity index (χ1) is 8.13. The molecule has 0 amide bonds. The highest BCUT2D eigenvalue weighted by Gasteiger charge is 2.15. The number of nitrogens with one attached hydrogen (secondary N) is 1. The van der Waals surface area contributed by atoms with E-state index in [0.717, 1.165) is 16.8 Å². The molecular formula is C13H16FN3. The van der Waals surface area contributed by atoms with Crippen LogP contribution in [-0.2, 0) is 7.05 Å². The van der Waals surface area contributed by atoms with Crippen molar-refractivity contribution in [1.29, 1.82) is 0 Å². The average molecular weight is 233 g/mol. The van der Waals surface area contributed by atoms with Gasteiger partial charge in [-0.2, -0.15) is 5.10 Å². The van der Waals surface area contributed by atoms with Crippen molar-refractivity contribution < 1.29 is 4.39 Å². The topological polar surface area (TPSA) is 29.9 Å². The fraction of sp³-hybridized carbons (Fsp3) is 0.308. The standard InChI is InChI=1S/C13H16FN3/c1-9(15-2)12-8-16-17(3)13(12)10-4-6-11(14)7-5-10/h4-9,15H,1-3H3. The maximum Gasteiger partial charge on any atom is 0.123 e. The summed E-state index contributed by atoms with van der Waals surface area (Å²) in [5.41, 5.74) is 3.11. The van der Waals surface area contributed by atoms with Crippen LogP contribution in [0.4, 0.5) is 4.39 Å². The summed E-state index contributed by atoms with van der Waals surface area (Å²) in [5, 5.41) is 7.46. The smallest absolute Gasteiger partial charge is 0.123 e. The molecule has 2 rings (SSSR count). The van der Waals surface area contributed by atoms with Gasteiger partial charge in [-0.15, -0.1) is 0 Å². The summed E-state index contributed by atoms with van der Waals surface area (Å²) >= 11 is 0. The van der Waals surface area contributed by atoms with Gasteiger partial charge in [0.15, 0.2) is 0 Å². The van der Waals surface area contributed by atoms with Crippen LogP contribution in [0.5, 0.6) is 0 Å². The minimum absolute atomic E-state index is 0.212. The largest absolute Gasteiger partial charge is 0.313 e. The molecule has 2 aromatic rings. The Morgan fingerprint density at radius 2 is 1.94 bits per heavy atom. The first-order valence-corrected chi connectivity index (χ1v) is 5.58. The van der Waals surface area contributed by atoms with Gasteiger partial charge in [0.05, 0.1) is 11.9 Å². The quantitative estimate of drug-likeness (QED) is 0.882. The SMILES string of the molecule is CNC(C)c1cnn(C)c1-c1ccc(F)cc1. The van der Waals surface area contributed by atoms with E-state index in [1.807, 2.05) is 25.0 Å². The van der Waals surface area contributed by atoms with E-state index in [9.17, 15) is 4.39 Å². The van der Waals surface area contributed by atoms with Gasteiger partial charge < -0.3 is 5.32 Å². The zero-order chi connectivity index (χ0) is 12.4. The molecule has 0 aliphatic carbocycles. The first-order valence-electron chi connectivity index (χ1n) is 5.58. The third kappa shape index (κ3) is 2.22. The molecule has 0 spiro atoms. The second-order valence-corrected chi connectivity index (χ2v) is 4.09. The Morgan fingerprint density at radius 1 is 1.29 bits per heavy atom. The lowest BCUT2D eigenvalue weighted by molar-refractivity contribution is 0.627. The first kappa shape index (κ1) is 11.8. The van der Waals surface area contributed by atoms with Crippen LogP contribution in [0.25, 0.3) is 11.3 Å². The van der Waals surface area contributed by atoms with Crippen molar-refractivity contribution in [3.8, 4) is 11.3 Å². The summed E-state index contributed by atoms with van der Waals surface area (Å²) in [6, 6.07) is 6.70. The molecule has 90 valence electrons. The van der Waals surface area contributed by atoms with Gasteiger partial charge in [-0.05, 0) is 38.2 Å². The van der Waals surface area contributed by atoms with Crippen LogP contribution in [0, 0.1) is 5.82 Å². The van der Waals surface area contributed by atoms with Crippen molar-refractivity contribution in [2.75, 3.05) is 7.05 Å². The molecular weight excluding hydrogens is 217 g/mol. The summed E-state index contributed by atoms with van der Waals surface area (Å²) < 4.78 is 14.7. The van der Waals surface area contributed by atoms with E-state index in [2.05, 4.69) is 17.3 Å². The Morgan fingerprint density at radius 3 is 2.53 bits per heavy atom. The van der Waals surface area contributed by atoms with Gasteiger partial charge >= 0.3 is 0 Å². The van der Waals surface area contributed by atoms with E-state index in [-0.39, 0.29) is 11.9 Å². The maximum atomic E-state index is 12.9. The third-order valence-corrected chi connectivity index (χ3v) is 2.98. The molecule has 1 atom stereocenters. The van der Waals surface area contributed by atoms with Crippen LogP contribution in [0.15, 0.2) is 30.5 Å². The molecule has 1 aromatic heterocycles. The van der Waals surface area contributed by atoms with E-state index < -0.39 is 0 Å². The van der Waals surface area contributed by atoms with Crippen LogP contribution in [0.3, 0.4) is 0 Å². The number of halogens is 1. The van der Waals surface area contributed by atoms with Crippen molar-refractivity contribution in [2.24, 2.45) is 7.05 Å². The minimum atomic E-state index is -0.223. The minimum Gasteiger partial charge on any atom is -0.313 e. The molecule has 1 heterocycles. The lowest BCUT2D eigenvalue weighted by atomic mass is 10.0. The monoisotopic (exact) mass is 233 g/mol. The fourth-order valence-electron chi connectivity index (χ4n) is 1.89. The van der Waals surface area contributed by atoms with Gasteiger partial charge in [0.1, 0.15) is 5.82 Å². The van der Waals surface area contributed by atoms with Crippen molar-refractivity contribution in [2.45, 2.75) is 13.0 Å². The van der Waals surface area contributed by atoms with Crippen LogP contribution >= 0.6 is 0 Å². The molecule has 0 aliphatic rings. The van der Waals surface area contributed by atoms with Crippen molar-refractivity contribution in [3.63, 3.8) is 0 Å². The Kier molecular flexibility index (Phi) is 3.24. The molecule has 0 saturated carbocycles. The summed E-state index contributed by atoms with van der Waals surface area (Å²) in [5.74, 6) is -0.223. The number of hydrogen-bond acceptors (Lipinski definition) is 2. The molecule has 0 bridgehead atoms. The molecule has 0 fully saturated rings. The molecule has 1 unspecified atom stereocenters. The molecule has 0 radical (unpaired) electrons. The highest BCUT2D eigenvalue weighted by atomic mass is 19.1. The molecule has 1 N–H and O–H groups in total. The van der Waals surface area contributed by atoms with E-state index in [1.165, 1.54) is 12.1 Å². The second kappa shape index (κ2) is 4.67. The highest BCUT2D eigenvalue weighted by Crippen LogP contribution is 2.27. The van der Waals surface area contributed by atoms with Crippen molar-refractivity contribution in [1.82, 2.24) is 15.1 Å². The number of hydrogen-bond donors (Lipinski definition) is 1. The van der Waals surface area contributed by atoms with Crippen LogP contribution in [-0.4, -0.2) is 16.8 Å². The molecule has 1 aromatic carbocycles. The summed E-state index contributed by atoms with van der Waals surface area (Å²) in [7, 11) is 3.80. The van der Waals surface area contributed by atoms with Crippen LogP contribution in [0.2, 0.25) is 0 Å². The summed E-state index contributed by atoms with van der Waals surface area (Å²) in [6.07, 6.45) is 1.85. The lowest BCUT2D eigenvalue weighted by Crippen LogP contribution is -2.13. The molecule has 4 heteroatoms. The second-order valence-electron chi connectivity index (χ2n) is 4.09. The zero-order valence-electron chi connectivity index (χ0n) is 10.2. The Labute approximate surface area is 100 Å². The van der Waals surface area contributed by atoms with Gasteiger partial charge in [-0.1, -0.05) is 0 Å². The highest BCUT2D eigenvalue weighted by molar-refractivity contribution is 5.63. The number of rotatable bonds is 3. The zero-order valence-corrected chi connectivity index (χ0v) is 10.2. The number of aryl methyl sites for hydroxylation is 1. The summed E-state index contributed by atoms with van der Waals surface area (Å²) in [6.45, 7) is 2.07. The Balaban J connectivity index is 2.50. The van der Waals surface area contributed by atoms with E-state index >= 15 is 0 Å². The maximum absolute atomic E-state index is 12.9. The number of nitrogens with zero attached hydrogens (tertiary/aromatic N) is 2. The van der Waals surface area contributed by atoms with Crippen molar-refractivity contribution >= 4 is 0 Å². The van der Waals surface area contributed by atoms with Gasteiger partial charge in [0.25, 0.3) is 0 Å². The van der Waals surface area contributed by atoms with Crippen molar-refractivity contribution in [3.05, 3.63) is 41.8 Å². The molecule has 17 heavy (non-hydrogen) atoms. The Bertz CT molecular complexity index is 502. The Hall–Kier alpha value is -1.68. The molecule has 0 aliphatic heterocycles. The lowest BCUT2D eigenvalue weighted by Gasteiger charge is -2.12. The van der Waals surface area contributed by atoms with E-state index in [0.29, 0.717) is 0 Å². The van der Waals surface area contributed by atoms with Gasteiger partial charge in [-0.3, -0.25) is 4.68 Å². The van der Waals surface area contributed by atoms with Gasteiger partial charge in [0, 0.05) is 24.2 Å². The van der Waals surface area contributed by atoms with Gasteiger partial charge in [-0.25, -0.2) is 4.39 Å². The molecule has 3 nitrogen and oxygen atoms in total. The normalized spacial score (nSPS) is 12.7. The van der Waals surface area contributed by atoms with E-state index in [4.69, 9.17) is 0 Å². The number of benzene rings is 1. The van der Waals surface area contributed by atoms with E-state index in [1.54, 1.807) is 12.1 Å². The van der Waals surface area contributed by atoms with Crippen LogP contribution in [0.1, 0.15) is 18.5 Å². The third-order valence-electron chi connectivity index (χ3n) is 2.98. The number of aromatic nitrogens is 2. The van der Waals surface area contributed by atoms with Gasteiger partial charge in [0.2, 0.25) is 0 Å². The average Bonchev–Trinajstić information content (AvgIpc) is 2.71. The molecule has 0 saturated heterocycles. The predicted octanol–water partition coefficient (Wildman–Crippen LogP) is 2.51. The van der Waals surface area contributed by atoms with Crippen LogP contribution < -0.4 is 5.32 Å². The summed E-state index contributed by atoms with van der Waals surface area (Å²) in [4.78, 5) is 0.